The number of hydrogen-bond acceptors (Lipinski definition) is 4. The SMILES string of the molecule is CC1(C)OB(c2ccc3c(OCC(F)F)cn(C4=CCCC=C4)c(=O)c3c2)OC1(C)C. The maximum absolute atomic E-state index is 13.3. The Kier molecular flexibility index (Phi) is 5.56. The van der Waals surface area contributed by atoms with Crippen molar-refractivity contribution in [3.05, 3.63) is 53.0 Å². The average Bonchev–Trinajstić information content (AvgIpc) is 2.95. The van der Waals surface area contributed by atoms with E-state index in [0.717, 1.165) is 12.8 Å². The Hall–Kier alpha value is -2.45. The third-order valence-electron chi connectivity index (χ3n) is 6.15. The van der Waals surface area contributed by atoms with Gasteiger partial charge in [-0.1, -0.05) is 24.3 Å². The molecular formula is C23H26BF2NO4. The van der Waals surface area contributed by atoms with Crippen LogP contribution in [0.25, 0.3) is 16.5 Å². The number of fused-ring (bicyclic) bond motifs is 1. The Labute approximate surface area is 180 Å². The molecular weight excluding hydrogens is 403 g/mol. The van der Waals surface area contributed by atoms with Crippen molar-refractivity contribution in [2.24, 2.45) is 0 Å². The maximum atomic E-state index is 13.3. The highest BCUT2D eigenvalue weighted by molar-refractivity contribution is 6.62. The number of alkyl halides is 2. The lowest BCUT2D eigenvalue weighted by atomic mass is 9.78. The molecule has 31 heavy (non-hydrogen) atoms. The molecule has 0 bridgehead atoms. The highest BCUT2D eigenvalue weighted by Gasteiger charge is 2.51. The number of allylic oxidation sites excluding steroid dienone is 4. The van der Waals surface area contributed by atoms with Gasteiger partial charge in [-0.2, -0.15) is 0 Å². The van der Waals surface area contributed by atoms with Gasteiger partial charge in [0, 0.05) is 11.1 Å². The molecule has 164 valence electrons. The highest BCUT2D eigenvalue weighted by Crippen LogP contribution is 2.36. The average molecular weight is 429 g/mol. The van der Waals surface area contributed by atoms with Crippen molar-refractivity contribution in [3.63, 3.8) is 0 Å². The smallest absolute Gasteiger partial charge is 0.485 e. The van der Waals surface area contributed by atoms with Crippen molar-refractivity contribution in [1.29, 1.82) is 0 Å². The summed E-state index contributed by atoms with van der Waals surface area (Å²) >= 11 is 0. The van der Waals surface area contributed by atoms with Crippen LogP contribution in [0.5, 0.6) is 5.75 Å². The Bertz CT molecular complexity index is 1100. The largest absolute Gasteiger partial charge is 0.494 e. The second-order valence-electron chi connectivity index (χ2n) is 8.87. The minimum absolute atomic E-state index is 0.232. The second kappa shape index (κ2) is 7.91. The first-order chi connectivity index (χ1) is 14.6. The van der Waals surface area contributed by atoms with E-state index in [1.54, 1.807) is 18.2 Å². The summed E-state index contributed by atoms with van der Waals surface area (Å²) in [7, 11) is -0.637. The molecule has 0 atom stereocenters. The van der Waals surface area contributed by atoms with E-state index < -0.39 is 31.4 Å². The molecule has 2 aliphatic rings. The fraction of sp³-hybridized carbons (Fsp3) is 0.435. The summed E-state index contributed by atoms with van der Waals surface area (Å²) in [5.41, 5.74) is 0.0881. The quantitative estimate of drug-likeness (QED) is 0.671. The Morgan fingerprint density at radius 2 is 1.84 bits per heavy atom. The van der Waals surface area contributed by atoms with Gasteiger partial charge >= 0.3 is 7.12 Å². The summed E-state index contributed by atoms with van der Waals surface area (Å²) in [6.07, 6.45) is 6.35. The fourth-order valence-corrected chi connectivity index (χ4v) is 3.69. The second-order valence-corrected chi connectivity index (χ2v) is 8.87. The van der Waals surface area contributed by atoms with Gasteiger partial charge in [0.25, 0.3) is 12.0 Å². The summed E-state index contributed by atoms with van der Waals surface area (Å²) in [6, 6.07) is 5.19. The molecule has 1 aliphatic carbocycles. The molecule has 0 unspecified atom stereocenters. The fourth-order valence-electron chi connectivity index (χ4n) is 3.69. The van der Waals surface area contributed by atoms with Crippen molar-refractivity contribution in [3.8, 4) is 5.75 Å². The van der Waals surface area contributed by atoms with Gasteiger partial charge in [0.05, 0.1) is 22.8 Å². The first kappa shape index (κ1) is 21.8. The molecule has 2 heterocycles. The number of aromatic nitrogens is 1. The van der Waals surface area contributed by atoms with Crippen LogP contribution in [-0.2, 0) is 9.31 Å². The number of pyridine rings is 1. The standard InChI is InChI=1S/C23H26BF2NO4/c1-22(2)23(3,4)31-24(30-22)15-10-11-17-18(12-15)21(28)27(16-8-6-5-7-9-16)13-19(17)29-14-20(25)26/h6,8-13,20H,5,7,14H2,1-4H3. The van der Waals surface area contributed by atoms with Gasteiger partial charge in [-0.15, -0.1) is 0 Å². The van der Waals surface area contributed by atoms with Gasteiger partial charge in [-0.25, -0.2) is 8.78 Å². The number of hydrogen-bond donors (Lipinski definition) is 0. The summed E-state index contributed by atoms with van der Waals surface area (Å²) < 4.78 is 44.7. The number of benzene rings is 1. The van der Waals surface area contributed by atoms with E-state index in [1.807, 2.05) is 45.9 Å². The topological polar surface area (TPSA) is 49.7 Å². The zero-order chi connectivity index (χ0) is 22.4. The van der Waals surface area contributed by atoms with Crippen LogP contribution < -0.4 is 15.8 Å². The monoisotopic (exact) mass is 429 g/mol. The van der Waals surface area contributed by atoms with Crippen LogP contribution in [0.4, 0.5) is 8.78 Å². The summed E-state index contributed by atoms with van der Waals surface area (Å²) in [4.78, 5) is 13.3. The van der Waals surface area contributed by atoms with Crippen molar-refractivity contribution >= 4 is 29.1 Å². The van der Waals surface area contributed by atoms with E-state index in [9.17, 15) is 13.6 Å². The summed E-state index contributed by atoms with van der Waals surface area (Å²) in [6.45, 7) is 7.08. The van der Waals surface area contributed by atoms with Gasteiger partial charge in [-0.05, 0) is 58.1 Å². The van der Waals surface area contributed by atoms with Crippen LogP contribution >= 0.6 is 0 Å². The van der Waals surface area contributed by atoms with E-state index in [1.165, 1.54) is 10.8 Å². The molecule has 0 N–H and O–H groups in total. The van der Waals surface area contributed by atoms with Crippen LogP contribution in [0, 0.1) is 0 Å². The number of ether oxygens (including phenoxy) is 1. The molecule has 0 spiro atoms. The minimum Gasteiger partial charge on any atom is -0.485 e. The lowest BCUT2D eigenvalue weighted by Gasteiger charge is -2.32. The molecule has 0 radical (unpaired) electrons. The van der Waals surface area contributed by atoms with Crippen molar-refractivity contribution in [2.45, 2.75) is 58.2 Å². The summed E-state index contributed by atoms with van der Waals surface area (Å²) in [5.74, 6) is 0.232. The van der Waals surface area contributed by atoms with Crippen molar-refractivity contribution in [1.82, 2.24) is 4.57 Å². The van der Waals surface area contributed by atoms with Crippen LogP contribution in [-0.4, -0.2) is 35.9 Å². The molecule has 2 aromatic rings. The number of nitrogens with zero attached hydrogens (tertiary/aromatic N) is 1. The molecule has 0 saturated carbocycles. The van der Waals surface area contributed by atoms with Gasteiger partial charge < -0.3 is 14.0 Å². The Morgan fingerprint density at radius 3 is 2.45 bits per heavy atom. The van der Waals surface area contributed by atoms with Gasteiger partial charge in [0.2, 0.25) is 0 Å². The van der Waals surface area contributed by atoms with Crippen LogP contribution in [0.15, 0.2) is 47.4 Å². The van der Waals surface area contributed by atoms with Crippen LogP contribution in [0.1, 0.15) is 40.5 Å². The lowest BCUT2D eigenvalue weighted by Crippen LogP contribution is -2.41. The van der Waals surface area contributed by atoms with E-state index >= 15 is 0 Å². The van der Waals surface area contributed by atoms with E-state index in [2.05, 4.69) is 0 Å². The normalized spacial score (nSPS) is 19.8. The number of rotatable bonds is 5. The molecule has 1 fully saturated rings. The van der Waals surface area contributed by atoms with E-state index in [4.69, 9.17) is 14.0 Å². The third-order valence-corrected chi connectivity index (χ3v) is 6.15. The Morgan fingerprint density at radius 1 is 1.13 bits per heavy atom. The van der Waals surface area contributed by atoms with E-state index in [-0.39, 0.29) is 11.3 Å². The predicted octanol–water partition coefficient (Wildman–Crippen LogP) is 4.14. The van der Waals surface area contributed by atoms with Gasteiger partial charge in [-0.3, -0.25) is 9.36 Å². The maximum Gasteiger partial charge on any atom is 0.494 e. The lowest BCUT2D eigenvalue weighted by molar-refractivity contribution is 0.00578. The summed E-state index contributed by atoms with van der Waals surface area (Å²) in [5, 5.41) is 0.835. The first-order valence-corrected chi connectivity index (χ1v) is 10.4. The molecule has 5 nitrogen and oxygen atoms in total. The molecule has 1 aromatic carbocycles. The predicted molar refractivity (Wildman–Crippen MR) is 118 cm³/mol. The van der Waals surface area contributed by atoms with Gasteiger partial charge in [0.1, 0.15) is 12.4 Å². The van der Waals surface area contributed by atoms with Crippen molar-refractivity contribution in [2.75, 3.05) is 6.61 Å². The molecule has 0 amide bonds. The third kappa shape index (κ3) is 4.06. The molecule has 1 aromatic heterocycles. The molecule has 4 rings (SSSR count). The van der Waals surface area contributed by atoms with Crippen molar-refractivity contribution < 1.29 is 22.8 Å². The molecule has 8 heteroatoms. The zero-order valence-electron chi connectivity index (χ0n) is 18.2. The Balaban J connectivity index is 1.83. The van der Waals surface area contributed by atoms with Crippen LogP contribution in [0.2, 0.25) is 0 Å². The first-order valence-electron chi connectivity index (χ1n) is 10.4. The van der Waals surface area contributed by atoms with E-state index in [0.29, 0.717) is 21.9 Å². The molecule has 1 saturated heterocycles. The number of halogens is 2. The highest BCUT2D eigenvalue weighted by atomic mass is 19.3. The van der Waals surface area contributed by atoms with Gasteiger partial charge in [0.15, 0.2) is 0 Å². The minimum atomic E-state index is -2.62. The zero-order valence-corrected chi connectivity index (χ0v) is 18.2. The van der Waals surface area contributed by atoms with Crippen LogP contribution in [0.3, 0.4) is 0 Å². The molecule has 1 aliphatic heterocycles.